The first-order valence-corrected chi connectivity index (χ1v) is 10.6. The SMILES string of the molecule is CCOP(=O)(CC(NC(=O)c1ccccc1)(C(=O)O)c1ccccc1)OCC. The number of hydrogen-bond acceptors (Lipinski definition) is 5. The molecule has 0 radical (unpaired) electrons. The third-order valence-electron chi connectivity index (χ3n) is 4.08. The second-order valence-corrected chi connectivity index (χ2v) is 8.06. The maximum absolute atomic E-state index is 13.2. The molecule has 1 unspecified atom stereocenters. The maximum Gasteiger partial charge on any atom is 0.334 e. The Kier molecular flexibility index (Phi) is 7.52. The molecule has 0 aliphatic carbocycles. The molecule has 0 aromatic heterocycles. The van der Waals surface area contributed by atoms with E-state index in [9.17, 15) is 19.3 Å². The summed E-state index contributed by atoms with van der Waals surface area (Å²) in [4.78, 5) is 25.2. The molecule has 0 bridgehead atoms. The largest absolute Gasteiger partial charge is 0.479 e. The van der Waals surface area contributed by atoms with Crippen molar-refractivity contribution in [3.63, 3.8) is 0 Å². The van der Waals surface area contributed by atoms with Gasteiger partial charge in [0.05, 0.1) is 19.4 Å². The van der Waals surface area contributed by atoms with Crippen LogP contribution < -0.4 is 5.32 Å². The molecule has 0 aliphatic heterocycles. The normalized spacial score (nSPS) is 13.5. The van der Waals surface area contributed by atoms with Gasteiger partial charge < -0.3 is 19.5 Å². The Bertz CT molecular complexity index is 832. The number of benzene rings is 2. The summed E-state index contributed by atoms with van der Waals surface area (Å²) in [5.74, 6) is -1.96. The summed E-state index contributed by atoms with van der Waals surface area (Å²) in [6, 6.07) is 16.4. The summed E-state index contributed by atoms with van der Waals surface area (Å²) in [5, 5.41) is 12.7. The average molecular weight is 405 g/mol. The Hall–Kier alpha value is -2.47. The summed E-state index contributed by atoms with van der Waals surface area (Å²) in [5.41, 5.74) is -1.44. The molecule has 0 heterocycles. The van der Waals surface area contributed by atoms with E-state index in [4.69, 9.17) is 9.05 Å². The highest BCUT2D eigenvalue weighted by molar-refractivity contribution is 7.54. The molecule has 0 saturated heterocycles. The molecule has 2 rings (SSSR count). The minimum atomic E-state index is -3.80. The van der Waals surface area contributed by atoms with Crippen molar-refractivity contribution in [2.24, 2.45) is 0 Å². The number of carboxylic acids is 1. The van der Waals surface area contributed by atoms with E-state index in [-0.39, 0.29) is 24.3 Å². The molecule has 7 nitrogen and oxygen atoms in total. The molecule has 28 heavy (non-hydrogen) atoms. The van der Waals surface area contributed by atoms with E-state index < -0.39 is 31.2 Å². The molecular weight excluding hydrogens is 381 g/mol. The predicted octanol–water partition coefficient (Wildman–Crippen LogP) is 3.66. The number of carbonyl (C=O) groups is 2. The molecule has 1 amide bonds. The van der Waals surface area contributed by atoms with E-state index in [0.717, 1.165) is 0 Å². The van der Waals surface area contributed by atoms with Crippen LogP contribution in [0.15, 0.2) is 60.7 Å². The van der Waals surface area contributed by atoms with Crippen LogP contribution in [0.5, 0.6) is 0 Å². The summed E-state index contributed by atoms with van der Waals surface area (Å²) >= 11 is 0. The van der Waals surface area contributed by atoms with Gasteiger partial charge in [0.2, 0.25) is 0 Å². The van der Waals surface area contributed by atoms with E-state index in [1.807, 2.05) is 0 Å². The van der Waals surface area contributed by atoms with Crippen LogP contribution in [0.1, 0.15) is 29.8 Å². The number of nitrogens with one attached hydrogen (secondary N) is 1. The smallest absolute Gasteiger partial charge is 0.334 e. The van der Waals surface area contributed by atoms with Crippen molar-refractivity contribution in [2.45, 2.75) is 19.4 Å². The average Bonchev–Trinajstić information content (AvgIpc) is 2.69. The molecule has 8 heteroatoms. The van der Waals surface area contributed by atoms with Crippen LogP contribution in [-0.4, -0.2) is 36.4 Å². The zero-order chi connectivity index (χ0) is 20.6. The maximum atomic E-state index is 13.2. The lowest BCUT2D eigenvalue weighted by molar-refractivity contribution is -0.144. The lowest BCUT2D eigenvalue weighted by Crippen LogP contribution is -2.54. The summed E-state index contributed by atoms with van der Waals surface area (Å²) in [6.45, 7) is 3.43. The minimum absolute atomic E-state index is 0.0778. The molecule has 0 aliphatic rings. The van der Waals surface area contributed by atoms with Crippen LogP contribution in [0.2, 0.25) is 0 Å². The van der Waals surface area contributed by atoms with Gasteiger partial charge in [-0.25, -0.2) is 4.79 Å². The van der Waals surface area contributed by atoms with Crippen molar-refractivity contribution in [3.05, 3.63) is 71.8 Å². The number of hydrogen-bond donors (Lipinski definition) is 2. The first kappa shape index (κ1) is 21.8. The monoisotopic (exact) mass is 405 g/mol. The fraction of sp³-hybridized carbons (Fsp3) is 0.300. The fourth-order valence-electron chi connectivity index (χ4n) is 2.84. The van der Waals surface area contributed by atoms with Crippen molar-refractivity contribution >= 4 is 19.5 Å². The Morgan fingerprint density at radius 2 is 1.46 bits per heavy atom. The van der Waals surface area contributed by atoms with Crippen LogP contribution in [0.25, 0.3) is 0 Å². The van der Waals surface area contributed by atoms with Gasteiger partial charge in [-0.2, -0.15) is 0 Å². The van der Waals surface area contributed by atoms with E-state index in [2.05, 4.69) is 5.32 Å². The standard InChI is InChI=1S/C20H24NO6P/c1-3-26-28(25,27-4-2)15-20(19(23)24,17-13-9-6-10-14-17)21-18(22)16-11-7-5-8-12-16/h5-14H,3-4,15H2,1-2H3,(H,21,22)(H,23,24). The topological polar surface area (TPSA) is 102 Å². The van der Waals surface area contributed by atoms with Crippen molar-refractivity contribution in [1.82, 2.24) is 5.32 Å². The van der Waals surface area contributed by atoms with Gasteiger partial charge >= 0.3 is 13.6 Å². The highest BCUT2D eigenvalue weighted by atomic mass is 31.2. The molecule has 0 fully saturated rings. The molecule has 2 aromatic carbocycles. The van der Waals surface area contributed by atoms with Gasteiger partial charge in [-0.15, -0.1) is 0 Å². The molecule has 0 saturated carbocycles. The van der Waals surface area contributed by atoms with Crippen LogP contribution in [0.3, 0.4) is 0 Å². The van der Waals surface area contributed by atoms with E-state index in [1.54, 1.807) is 74.5 Å². The third kappa shape index (κ3) is 5.07. The van der Waals surface area contributed by atoms with E-state index >= 15 is 0 Å². The first-order valence-electron chi connectivity index (χ1n) is 8.91. The molecular formula is C20H24NO6P. The lowest BCUT2D eigenvalue weighted by Gasteiger charge is -2.33. The second-order valence-electron chi connectivity index (χ2n) is 6.00. The molecule has 150 valence electrons. The first-order chi connectivity index (χ1) is 13.4. The second kappa shape index (κ2) is 9.64. The van der Waals surface area contributed by atoms with Gasteiger partial charge in [0.25, 0.3) is 5.91 Å². The van der Waals surface area contributed by atoms with Gasteiger partial charge in [-0.3, -0.25) is 9.36 Å². The fourth-order valence-corrected chi connectivity index (χ4v) is 4.86. The highest BCUT2D eigenvalue weighted by Crippen LogP contribution is 2.52. The number of carbonyl (C=O) groups excluding carboxylic acids is 1. The minimum Gasteiger partial charge on any atom is -0.479 e. The third-order valence-corrected chi connectivity index (χ3v) is 6.24. The van der Waals surface area contributed by atoms with Crippen molar-refractivity contribution < 1.29 is 28.3 Å². The Balaban J connectivity index is 2.54. The van der Waals surface area contributed by atoms with Crippen molar-refractivity contribution in [3.8, 4) is 0 Å². The Labute approximate surface area is 164 Å². The molecule has 2 aromatic rings. The number of carboxylic acid groups (broad SMARTS) is 1. The summed E-state index contributed by atoms with van der Waals surface area (Å²) in [7, 11) is -3.80. The number of amides is 1. The summed E-state index contributed by atoms with van der Waals surface area (Å²) in [6.07, 6.45) is -0.542. The van der Waals surface area contributed by atoms with Gasteiger partial charge in [-0.1, -0.05) is 48.5 Å². The predicted molar refractivity (Wildman–Crippen MR) is 105 cm³/mol. The van der Waals surface area contributed by atoms with Crippen molar-refractivity contribution in [2.75, 3.05) is 19.4 Å². The lowest BCUT2D eigenvalue weighted by atomic mass is 9.91. The van der Waals surface area contributed by atoms with Gasteiger partial charge in [0, 0.05) is 5.56 Å². The highest BCUT2D eigenvalue weighted by Gasteiger charge is 2.49. The molecule has 2 N–H and O–H groups in total. The van der Waals surface area contributed by atoms with Crippen LogP contribution in [-0.2, 0) is 23.9 Å². The van der Waals surface area contributed by atoms with Gasteiger partial charge in [0.1, 0.15) is 0 Å². The van der Waals surface area contributed by atoms with Crippen LogP contribution in [0, 0.1) is 0 Å². The van der Waals surface area contributed by atoms with Gasteiger partial charge in [-0.05, 0) is 31.5 Å². The zero-order valence-electron chi connectivity index (χ0n) is 15.8. The number of rotatable bonds is 10. The molecule has 1 atom stereocenters. The van der Waals surface area contributed by atoms with Gasteiger partial charge in [0.15, 0.2) is 5.54 Å². The Morgan fingerprint density at radius 3 is 1.93 bits per heavy atom. The van der Waals surface area contributed by atoms with Crippen molar-refractivity contribution in [1.29, 1.82) is 0 Å². The van der Waals surface area contributed by atoms with E-state index in [0.29, 0.717) is 0 Å². The molecule has 0 spiro atoms. The van der Waals surface area contributed by atoms with Crippen LogP contribution >= 0.6 is 7.60 Å². The van der Waals surface area contributed by atoms with E-state index in [1.165, 1.54) is 0 Å². The zero-order valence-corrected chi connectivity index (χ0v) is 16.7. The van der Waals surface area contributed by atoms with Crippen LogP contribution in [0.4, 0.5) is 0 Å². The Morgan fingerprint density at radius 1 is 0.964 bits per heavy atom. The summed E-state index contributed by atoms with van der Waals surface area (Å²) < 4.78 is 23.8. The quantitative estimate of drug-likeness (QED) is 0.585. The number of aliphatic carboxylic acids is 1.